The lowest BCUT2D eigenvalue weighted by atomic mass is 9.67. The monoisotopic (exact) mass is 2010 g/mol. The van der Waals surface area contributed by atoms with Gasteiger partial charge < -0.3 is 58.7 Å². The Balaban J connectivity index is 0.000000340. The summed E-state index contributed by atoms with van der Waals surface area (Å²) in [4.78, 5) is 88.2. The van der Waals surface area contributed by atoms with Crippen LogP contribution in [0.3, 0.4) is 0 Å². The van der Waals surface area contributed by atoms with E-state index in [4.69, 9.17) is 33.2 Å². The number of allylic oxidation sites excluding steroid dienone is 27. The van der Waals surface area contributed by atoms with Crippen LogP contribution in [-0.4, -0.2) is 166 Å². The molecule has 145 heavy (non-hydrogen) atoms. The fourth-order valence-corrected chi connectivity index (χ4v) is 23.2. The topological polar surface area (TPSA) is 302 Å². The molecule has 20 nitrogen and oxygen atoms in total. The first-order valence-corrected chi connectivity index (χ1v) is 52.9. The van der Waals surface area contributed by atoms with Crippen LogP contribution in [-0.2, 0) is 71.5 Å². The number of ether oxygens (including phenoxy) is 7. The van der Waals surface area contributed by atoms with E-state index >= 15 is 0 Å². The van der Waals surface area contributed by atoms with Gasteiger partial charge in [-0.15, -0.1) is 0 Å². The number of hydrogen-bond acceptors (Lipinski definition) is 20. The summed E-state index contributed by atoms with van der Waals surface area (Å²) in [5.41, 5.74) is 16.4. The molecule has 0 aromatic carbocycles. The Morgan fingerprint density at radius 3 is 0.821 bits per heavy atom. The zero-order valence-corrected chi connectivity index (χ0v) is 96.3. The van der Waals surface area contributed by atoms with Gasteiger partial charge in [0.25, 0.3) is 0 Å². The molecule has 3 fully saturated rings. The highest BCUT2D eigenvalue weighted by Gasteiger charge is 2.43. The molecule has 0 saturated carbocycles. The molecule has 3 aliphatic heterocycles. The van der Waals surface area contributed by atoms with Gasteiger partial charge in [-0.1, -0.05) is 254 Å². The van der Waals surface area contributed by atoms with Gasteiger partial charge >= 0.3 is 5.97 Å². The number of aliphatic hydroxyl groups is 5. The number of esters is 1. The van der Waals surface area contributed by atoms with Crippen molar-refractivity contribution < 1.29 is 97.0 Å². The second-order valence-electron chi connectivity index (χ2n) is 49.3. The summed E-state index contributed by atoms with van der Waals surface area (Å²) in [6, 6.07) is 0. The first-order chi connectivity index (χ1) is 66.5. The molecule has 3 heterocycles. The minimum atomic E-state index is -0.599. The van der Waals surface area contributed by atoms with Gasteiger partial charge in [-0.2, -0.15) is 0 Å². The van der Waals surface area contributed by atoms with Crippen LogP contribution in [0.25, 0.3) is 0 Å². The number of carbonyl (C=O) groups excluding carboxylic acids is 8. The van der Waals surface area contributed by atoms with Crippen LogP contribution < -0.4 is 0 Å². The number of ketones is 7. The number of carbonyl (C=O) groups is 8. The summed E-state index contributed by atoms with van der Waals surface area (Å²) >= 11 is 0. The summed E-state index contributed by atoms with van der Waals surface area (Å²) in [6.45, 7) is 78.3. The van der Waals surface area contributed by atoms with E-state index in [2.05, 4.69) is 188 Å². The summed E-state index contributed by atoms with van der Waals surface area (Å²) < 4.78 is 38.8. The maximum absolute atomic E-state index is 11.6. The van der Waals surface area contributed by atoms with Gasteiger partial charge in [-0.3, -0.25) is 38.4 Å². The van der Waals surface area contributed by atoms with E-state index in [1.54, 1.807) is 84.1 Å². The Morgan fingerprint density at radius 2 is 0.572 bits per heavy atom. The van der Waals surface area contributed by atoms with Crippen LogP contribution >= 0.6 is 0 Å². The first-order valence-electron chi connectivity index (χ1n) is 52.9. The van der Waals surface area contributed by atoms with Crippen molar-refractivity contribution in [3.05, 3.63) is 212 Å². The smallest absolute Gasteiger partial charge is 0.302 e. The molecular weight excluding hydrogens is 1820 g/mol. The minimum absolute atomic E-state index is 0.0181. The summed E-state index contributed by atoms with van der Waals surface area (Å²) in [7, 11) is 0. The Morgan fingerprint density at radius 1 is 0.317 bits per heavy atom. The molecular formula is C125H192O20. The standard InChI is InChI=1S/C15H24O3.2C15H22O3.C15H24O2.4C13H20O2.C13H20O/c2*1-11-9-12(16)10-14(2,3)13(11)5-6-15(4)17-7-8-18-15;1-10-8-13(18-12(3)17)9-15(4,5)14(10)7-6-11(2)16;1-12-6-5-8-14(2,3)13(12)7-9-15(4)16-10-11-17-15;4*1-9-7-11(15)8-13(3,4)12(9)6-5-10(2)14;1-10-6-5-9-13(3,4)12(10)8-7-11(2)14/h5-6,9,12-13,16H,7-8,10H2,1-4H3;5-6,9,13H,7-8,10H2,1-4H3;6-7,13H,8-9H2,1-5H3;6-7,9,13H,5,8,10-11H2,1-4H3;3*5-6,11,15H,7-8H2,1-4H3;5-7,11-12,15H,8H2,1-4H3;6-8,12H,5,9H2,1-4H3/b;;7-6+;;3*6-5+;;/t;;13-;;2*11-;;;/m..1.10.../s1. The van der Waals surface area contributed by atoms with E-state index in [1.807, 2.05) is 117 Å². The predicted molar refractivity (Wildman–Crippen MR) is 588 cm³/mol. The molecule has 0 amide bonds. The largest absolute Gasteiger partial charge is 0.462 e. The second kappa shape index (κ2) is 55.7. The maximum atomic E-state index is 11.6. The Hall–Kier alpha value is -7.96. The Labute approximate surface area is 875 Å². The molecule has 0 spiro atoms. The number of hydrogen-bond donors (Lipinski definition) is 5. The van der Waals surface area contributed by atoms with Gasteiger partial charge in [0.2, 0.25) is 0 Å². The lowest BCUT2D eigenvalue weighted by molar-refractivity contribution is -0.148. The van der Waals surface area contributed by atoms with E-state index < -0.39 is 17.4 Å². The molecule has 20 heteroatoms. The molecule has 3 saturated heterocycles. The van der Waals surface area contributed by atoms with Crippen molar-refractivity contribution in [1.82, 2.24) is 0 Å². The third-order valence-corrected chi connectivity index (χ3v) is 30.1. The van der Waals surface area contributed by atoms with Gasteiger partial charge in [0, 0.05) is 49.4 Å². The predicted octanol–water partition coefficient (Wildman–Crippen LogP) is 26.3. The van der Waals surface area contributed by atoms with Crippen molar-refractivity contribution in [2.75, 3.05) is 39.6 Å². The van der Waals surface area contributed by atoms with Gasteiger partial charge in [0.05, 0.1) is 70.2 Å². The van der Waals surface area contributed by atoms with E-state index in [-0.39, 0.29) is 133 Å². The zero-order valence-electron chi connectivity index (χ0n) is 96.3. The molecule has 12 aliphatic rings. The van der Waals surface area contributed by atoms with Crippen molar-refractivity contribution in [3.63, 3.8) is 0 Å². The van der Waals surface area contributed by atoms with E-state index in [0.29, 0.717) is 74.6 Å². The van der Waals surface area contributed by atoms with Crippen molar-refractivity contribution in [2.24, 2.45) is 78.3 Å². The Kier molecular flexibility index (Phi) is 49.7. The third-order valence-electron chi connectivity index (χ3n) is 30.1. The van der Waals surface area contributed by atoms with Crippen molar-refractivity contribution in [2.45, 2.75) is 406 Å². The molecule has 12 rings (SSSR count). The minimum Gasteiger partial charge on any atom is -0.462 e. The van der Waals surface area contributed by atoms with Gasteiger partial charge in [0.15, 0.2) is 57.8 Å². The molecule has 0 radical (unpaired) electrons. The van der Waals surface area contributed by atoms with Crippen LogP contribution in [0.5, 0.6) is 0 Å². The van der Waals surface area contributed by atoms with Crippen molar-refractivity contribution in [3.8, 4) is 0 Å². The van der Waals surface area contributed by atoms with E-state index in [1.165, 1.54) is 93.9 Å². The molecule has 8 unspecified atom stereocenters. The van der Waals surface area contributed by atoms with Gasteiger partial charge in [0.1, 0.15) is 6.10 Å². The van der Waals surface area contributed by atoms with Gasteiger partial charge in [-0.05, 0) is 340 Å². The van der Waals surface area contributed by atoms with Crippen molar-refractivity contribution >= 4 is 46.5 Å². The average Bonchev–Trinajstić information content (AvgIpc) is 1.64. The normalized spacial score (nSPS) is 28.5. The lowest BCUT2D eigenvalue weighted by Gasteiger charge is -2.39. The van der Waals surface area contributed by atoms with Crippen LogP contribution in [0, 0.1) is 78.3 Å². The molecule has 5 N–H and O–H groups in total. The summed E-state index contributed by atoms with van der Waals surface area (Å²) in [6.07, 6.45) is 55.9. The fraction of sp³-hybridized carbons (Fsp3) is 0.648. The SMILES string of the molecule is CC(=O)/C=C/C1=C(C)CC(O)CC1(C)C.CC(=O)/C=C/C1=C(C)C[C@@H](O)CC1(C)C.CC(=O)/C=C/C1=C(C)C[C@@H](OC(C)=O)CC1(C)C.CC(=O)/C=C/C1=C(C)C[C@H](O)CC1(C)C.CC(=O)C=CC1C(C)=CC(O)CC1(C)C.CC(=O)C=CC1C(C)=CCCC1(C)C.CC1=CC(=O)CC(C)(C)C1C=CC1(C)OCCO1.CC1=CC(O)CC(C)(C)C1C=CC1(C)OCCO1.CC1=CCCC(C)(C)C1C=CC1(C)OCCO1. The number of aliphatic hydroxyl groups excluding tert-OH is 5. The lowest BCUT2D eigenvalue weighted by Crippen LogP contribution is -2.33. The molecule has 812 valence electrons. The van der Waals surface area contributed by atoms with Crippen LogP contribution in [0.2, 0.25) is 0 Å². The fourth-order valence-electron chi connectivity index (χ4n) is 23.2. The number of rotatable bonds is 19. The van der Waals surface area contributed by atoms with E-state index in [9.17, 15) is 63.9 Å². The third kappa shape index (κ3) is 43.1. The van der Waals surface area contributed by atoms with Gasteiger partial charge in [-0.25, -0.2) is 0 Å². The van der Waals surface area contributed by atoms with Crippen LogP contribution in [0.15, 0.2) is 212 Å². The molecule has 9 aliphatic carbocycles. The highest BCUT2D eigenvalue weighted by Crippen LogP contribution is 2.50. The molecule has 0 bridgehead atoms. The molecule has 11 atom stereocenters. The highest BCUT2D eigenvalue weighted by atomic mass is 16.7. The highest BCUT2D eigenvalue weighted by molar-refractivity contribution is 5.92. The quantitative estimate of drug-likeness (QED) is 0.0456. The first kappa shape index (κ1) is 129. The van der Waals surface area contributed by atoms with Crippen LogP contribution in [0.4, 0.5) is 0 Å². The Bertz CT molecular complexity index is 4870. The summed E-state index contributed by atoms with van der Waals surface area (Å²) in [5, 5.41) is 48.5. The summed E-state index contributed by atoms with van der Waals surface area (Å²) in [5.74, 6) is 0.547. The second-order valence-corrected chi connectivity index (χ2v) is 49.3. The zero-order chi connectivity index (χ0) is 111. The van der Waals surface area contributed by atoms with Crippen LogP contribution in [0.1, 0.15) is 352 Å². The van der Waals surface area contributed by atoms with E-state index in [0.717, 1.165) is 75.4 Å². The average molecular weight is 2010 g/mol. The molecule has 0 aromatic rings. The molecule has 0 aromatic heterocycles. The maximum Gasteiger partial charge on any atom is 0.302 e. The van der Waals surface area contributed by atoms with Crippen molar-refractivity contribution in [1.29, 1.82) is 0 Å².